The number of hydrogen-bond acceptors (Lipinski definition) is 4. The van der Waals surface area contributed by atoms with Gasteiger partial charge in [0, 0.05) is 37.6 Å². The van der Waals surface area contributed by atoms with Crippen LogP contribution in [0.3, 0.4) is 0 Å². The van der Waals surface area contributed by atoms with Gasteiger partial charge in [0.25, 0.3) is 5.56 Å². The van der Waals surface area contributed by atoms with Crippen molar-refractivity contribution in [2.24, 2.45) is 5.41 Å². The Bertz CT molecular complexity index is 1590. The molecule has 7 heteroatoms. The Balaban J connectivity index is 1.95. The van der Waals surface area contributed by atoms with E-state index in [0.29, 0.717) is 15.7 Å². The maximum atomic E-state index is 13.6. The van der Waals surface area contributed by atoms with Crippen LogP contribution in [-0.4, -0.2) is 15.3 Å². The fourth-order valence-corrected chi connectivity index (χ4v) is 5.51. The fraction of sp³-hybridized carbons (Fsp3) is 0.222. The first-order chi connectivity index (χ1) is 16.0. The quantitative estimate of drug-likeness (QED) is 0.308. The third kappa shape index (κ3) is 5.16. The zero-order chi connectivity index (χ0) is 24.6. The number of pyridine rings is 1. The van der Waals surface area contributed by atoms with Crippen LogP contribution in [0.5, 0.6) is 0 Å². The molecule has 0 aliphatic heterocycles. The lowest BCUT2D eigenvalue weighted by Gasteiger charge is -2.13. The molecule has 4 aromatic rings. The van der Waals surface area contributed by atoms with Crippen LogP contribution in [0.15, 0.2) is 62.4 Å². The topological polar surface area (TPSA) is 52.0 Å². The molecule has 2 aromatic carbocycles. The minimum absolute atomic E-state index is 0.0164. The Morgan fingerprint density at radius 1 is 1.15 bits per heavy atom. The third-order valence-electron chi connectivity index (χ3n) is 5.60. The highest BCUT2D eigenvalue weighted by Crippen LogP contribution is 2.25. The first kappa shape index (κ1) is 24.8. The van der Waals surface area contributed by atoms with Crippen LogP contribution in [-0.2, 0) is 11.3 Å². The number of carbonyl (C=O) groups is 1. The molecule has 2 heterocycles. The molecule has 0 aliphatic rings. The van der Waals surface area contributed by atoms with Crippen LogP contribution >= 0.6 is 43.2 Å². The summed E-state index contributed by atoms with van der Waals surface area (Å²) in [5.74, 6) is -0.0164. The van der Waals surface area contributed by atoms with Crippen LogP contribution in [0.2, 0.25) is 0 Å². The molecule has 0 atom stereocenters. The predicted octanol–water partition coefficient (Wildman–Crippen LogP) is 5.56. The number of thiazole rings is 1. The lowest BCUT2D eigenvalue weighted by Crippen LogP contribution is -2.33. The summed E-state index contributed by atoms with van der Waals surface area (Å²) in [6, 6.07) is 13.8. The molecule has 4 nitrogen and oxygen atoms in total. The summed E-state index contributed by atoms with van der Waals surface area (Å²) < 4.78 is 4.85. The van der Waals surface area contributed by atoms with Gasteiger partial charge in [-0.2, -0.15) is 0 Å². The Morgan fingerprint density at radius 2 is 1.91 bits per heavy atom. The van der Waals surface area contributed by atoms with E-state index in [0.717, 1.165) is 36.5 Å². The number of Topliss-reactive ketones (excluding diaryl/α,β-unsaturated/α-hetero) is 1. The zero-order valence-electron chi connectivity index (χ0n) is 19.4. The van der Waals surface area contributed by atoms with Gasteiger partial charge in [0.05, 0.1) is 16.6 Å². The van der Waals surface area contributed by atoms with Gasteiger partial charge in [0.1, 0.15) is 4.66 Å². The summed E-state index contributed by atoms with van der Waals surface area (Å²) in [7, 11) is 0. The van der Waals surface area contributed by atoms with Gasteiger partial charge in [-0.3, -0.25) is 19.1 Å². The molecule has 0 unspecified atom stereocenters. The predicted molar refractivity (Wildman–Crippen MR) is 148 cm³/mol. The van der Waals surface area contributed by atoms with Crippen molar-refractivity contribution in [2.75, 3.05) is 0 Å². The molecule has 0 saturated heterocycles. The molecular formula is C27H24Br2N2O2S. The summed E-state index contributed by atoms with van der Waals surface area (Å²) in [5.41, 5.74) is 3.13. The monoisotopic (exact) mass is 598 g/mol. The van der Waals surface area contributed by atoms with Gasteiger partial charge < -0.3 is 0 Å². The van der Waals surface area contributed by atoms with Gasteiger partial charge in [-0.25, -0.2) is 0 Å². The second-order valence-corrected chi connectivity index (χ2v) is 12.0. The maximum absolute atomic E-state index is 13.6. The van der Waals surface area contributed by atoms with E-state index < -0.39 is 5.41 Å². The first-order valence-corrected chi connectivity index (χ1v) is 13.2. The second-order valence-electron chi connectivity index (χ2n) is 9.21. The average molecular weight is 600 g/mol. The van der Waals surface area contributed by atoms with E-state index in [1.807, 2.05) is 76.2 Å². The molecule has 0 saturated carbocycles. The summed E-state index contributed by atoms with van der Waals surface area (Å²) in [6.07, 6.45) is 5.23. The second kappa shape index (κ2) is 9.72. The molecular weight excluding hydrogens is 576 g/mol. The highest BCUT2D eigenvalue weighted by molar-refractivity contribution is 9.11. The minimum atomic E-state index is -0.534. The molecule has 174 valence electrons. The van der Waals surface area contributed by atoms with Gasteiger partial charge in [-0.15, -0.1) is 11.3 Å². The van der Waals surface area contributed by atoms with Crippen LogP contribution in [0.25, 0.3) is 23.1 Å². The average Bonchev–Trinajstić information content (AvgIpc) is 3.06. The molecule has 0 N–H and O–H groups in total. The van der Waals surface area contributed by atoms with Crippen molar-refractivity contribution in [1.29, 1.82) is 0 Å². The Morgan fingerprint density at radius 3 is 2.62 bits per heavy atom. The molecule has 34 heavy (non-hydrogen) atoms. The van der Waals surface area contributed by atoms with Crippen molar-refractivity contribution in [2.45, 2.75) is 34.2 Å². The maximum Gasteiger partial charge on any atom is 0.269 e. The Hall–Kier alpha value is -2.35. The van der Waals surface area contributed by atoms with Crippen LogP contribution in [0.1, 0.15) is 37.5 Å². The number of rotatable bonds is 4. The summed E-state index contributed by atoms with van der Waals surface area (Å²) >= 11 is 8.41. The highest BCUT2D eigenvalue weighted by Gasteiger charge is 2.20. The molecule has 0 bridgehead atoms. The largest absolute Gasteiger partial charge is 0.294 e. The number of nitrogens with zero attached hydrogens (tertiary/aromatic N) is 2. The van der Waals surface area contributed by atoms with Crippen LogP contribution in [0, 0.1) is 12.3 Å². The number of hydrogen-bond donors (Lipinski definition) is 0. The van der Waals surface area contributed by atoms with E-state index in [2.05, 4.69) is 36.8 Å². The zero-order valence-corrected chi connectivity index (χ0v) is 23.3. The summed E-state index contributed by atoms with van der Waals surface area (Å²) in [4.78, 5) is 31.0. The van der Waals surface area contributed by atoms with Crippen molar-refractivity contribution in [3.63, 3.8) is 0 Å². The minimum Gasteiger partial charge on any atom is -0.294 e. The van der Waals surface area contributed by atoms with E-state index in [-0.39, 0.29) is 11.3 Å². The number of ketones is 1. The molecule has 0 amide bonds. The first-order valence-electron chi connectivity index (χ1n) is 10.8. The smallest absolute Gasteiger partial charge is 0.269 e. The summed E-state index contributed by atoms with van der Waals surface area (Å²) in [6.45, 7) is 8.06. The Labute approximate surface area is 218 Å². The van der Waals surface area contributed by atoms with Crippen molar-refractivity contribution < 1.29 is 4.79 Å². The SMILES string of the molecule is Cc1cc(Br)ccc1Cn1c(=O)/c(=C/c2ccc(Br)c3cccnc23)s/c1=C/C(=O)C(C)(C)C. The van der Waals surface area contributed by atoms with Gasteiger partial charge in [0.15, 0.2) is 5.78 Å². The fourth-order valence-electron chi connectivity index (χ4n) is 3.55. The number of halogens is 2. The molecule has 2 aromatic heterocycles. The molecule has 0 spiro atoms. The summed E-state index contributed by atoms with van der Waals surface area (Å²) in [5, 5.41) is 0.980. The number of benzene rings is 2. The third-order valence-corrected chi connectivity index (χ3v) is 7.84. The van der Waals surface area contributed by atoms with E-state index >= 15 is 0 Å². The van der Waals surface area contributed by atoms with Crippen LogP contribution in [0.4, 0.5) is 0 Å². The number of fused-ring (bicyclic) bond motifs is 1. The van der Waals surface area contributed by atoms with Crippen molar-refractivity contribution in [3.8, 4) is 0 Å². The van der Waals surface area contributed by atoms with Gasteiger partial charge >= 0.3 is 0 Å². The van der Waals surface area contributed by atoms with E-state index in [9.17, 15) is 9.59 Å². The normalized spacial score (nSPS) is 13.1. The van der Waals surface area contributed by atoms with Crippen molar-refractivity contribution in [3.05, 3.63) is 93.8 Å². The van der Waals surface area contributed by atoms with E-state index in [4.69, 9.17) is 0 Å². The van der Waals surface area contributed by atoms with Crippen molar-refractivity contribution in [1.82, 2.24) is 9.55 Å². The van der Waals surface area contributed by atoms with Crippen molar-refractivity contribution >= 4 is 72.0 Å². The van der Waals surface area contributed by atoms with E-state index in [1.165, 1.54) is 11.3 Å². The lowest BCUT2D eigenvalue weighted by atomic mass is 9.91. The number of aryl methyl sites for hydroxylation is 1. The lowest BCUT2D eigenvalue weighted by molar-refractivity contribution is -0.120. The molecule has 0 aliphatic carbocycles. The Kier molecular flexibility index (Phi) is 7.08. The van der Waals surface area contributed by atoms with E-state index in [1.54, 1.807) is 16.8 Å². The molecule has 0 fully saturated rings. The number of aromatic nitrogens is 2. The molecule has 0 radical (unpaired) electrons. The van der Waals surface area contributed by atoms with Gasteiger partial charge in [-0.1, -0.05) is 70.8 Å². The highest BCUT2D eigenvalue weighted by atomic mass is 79.9. The van der Waals surface area contributed by atoms with Gasteiger partial charge in [-0.05, 0) is 48.4 Å². The number of carbonyl (C=O) groups excluding carboxylic acids is 1. The van der Waals surface area contributed by atoms with Crippen LogP contribution < -0.4 is 14.8 Å². The molecule has 4 rings (SSSR count). The standard InChI is InChI=1S/C27H24Br2N2O2S/c1-16-12-19(28)9-7-18(16)15-31-24(14-23(32)27(2,3)4)34-22(26(31)33)13-17-8-10-21(29)20-6-5-11-30-25(17)20/h5-14H,15H2,1-4H3/b22-13-,24-14+. The van der Waals surface area contributed by atoms with Gasteiger partial charge in [0.2, 0.25) is 0 Å².